The second-order valence-corrected chi connectivity index (χ2v) is 7.54. The number of rotatable bonds is 1. The van der Waals surface area contributed by atoms with Crippen molar-refractivity contribution in [1.82, 2.24) is 8.96 Å². The van der Waals surface area contributed by atoms with E-state index in [2.05, 4.69) is 16.8 Å². The highest BCUT2D eigenvalue weighted by Crippen LogP contribution is 2.22. The van der Waals surface area contributed by atoms with Crippen molar-refractivity contribution in [2.45, 2.75) is 6.92 Å². The van der Waals surface area contributed by atoms with Gasteiger partial charge >= 0.3 is 0 Å². The molecule has 0 spiro atoms. The van der Waals surface area contributed by atoms with Gasteiger partial charge in [0.25, 0.3) is 0 Å². The molecule has 0 unspecified atom stereocenters. The number of nitrogens with zero attached hydrogens (tertiary/aromatic N) is 2. The number of hydrogen-bond acceptors (Lipinski definition) is 4. The highest BCUT2D eigenvalue weighted by molar-refractivity contribution is 7.89. The van der Waals surface area contributed by atoms with Gasteiger partial charge in [0.1, 0.15) is 5.69 Å². The van der Waals surface area contributed by atoms with E-state index < -0.39 is 10.0 Å². The predicted octanol–water partition coefficient (Wildman–Crippen LogP) is 2.61. The maximum atomic E-state index is 11.8. The highest BCUT2D eigenvalue weighted by atomic mass is 32.2. The van der Waals surface area contributed by atoms with Crippen molar-refractivity contribution < 1.29 is 8.42 Å². The Morgan fingerprint density at radius 1 is 1.24 bits per heavy atom. The lowest BCUT2D eigenvalue weighted by Crippen LogP contribution is -2.07. The molecule has 2 aromatic heterocycles. The summed E-state index contributed by atoms with van der Waals surface area (Å²) in [6, 6.07) is 7.32. The van der Waals surface area contributed by atoms with Crippen LogP contribution in [0, 0.1) is 18.8 Å². The maximum absolute atomic E-state index is 11.8. The van der Waals surface area contributed by atoms with Crippen LogP contribution in [-0.2, 0) is 10.0 Å². The van der Waals surface area contributed by atoms with E-state index in [0.29, 0.717) is 16.8 Å². The Morgan fingerprint density at radius 3 is 2.67 bits per heavy atom. The standard InChI is InChI=1S/C15H12N2O2S2/c1-11-16-13(10-20-11)8-7-12-9-17(21(2,18)19)15-6-4-3-5-14(12)15/h3-6,9-10H,1-2H3. The van der Waals surface area contributed by atoms with Crippen LogP contribution in [0.3, 0.4) is 0 Å². The molecule has 1 aromatic carbocycles. The quantitative estimate of drug-likeness (QED) is 0.649. The lowest BCUT2D eigenvalue weighted by atomic mass is 10.2. The Morgan fingerprint density at radius 2 is 2.00 bits per heavy atom. The first-order chi connectivity index (χ1) is 9.95. The van der Waals surface area contributed by atoms with Gasteiger partial charge in [0, 0.05) is 17.0 Å². The van der Waals surface area contributed by atoms with Crippen LogP contribution in [0.5, 0.6) is 0 Å². The van der Waals surface area contributed by atoms with Gasteiger partial charge in [-0.25, -0.2) is 17.4 Å². The van der Waals surface area contributed by atoms with Gasteiger partial charge in [0.2, 0.25) is 10.0 Å². The summed E-state index contributed by atoms with van der Waals surface area (Å²) < 4.78 is 24.9. The van der Waals surface area contributed by atoms with E-state index in [4.69, 9.17) is 0 Å². The van der Waals surface area contributed by atoms with Crippen LogP contribution in [0.15, 0.2) is 35.8 Å². The fraction of sp³-hybridized carbons (Fsp3) is 0.133. The minimum atomic E-state index is -3.35. The Hall–Kier alpha value is -2.10. The van der Waals surface area contributed by atoms with Crippen LogP contribution in [0.4, 0.5) is 0 Å². The van der Waals surface area contributed by atoms with Gasteiger partial charge in [0.15, 0.2) is 0 Å². The van der Waals surface area contributed by atoms with E-state index in [0.717, 1.165) is 10.4 Å². The third-order valence-corrected chi connectivity index (χ3v) is 4.77. The largest absolute Gasteiger partial charge is 0.244 e. The average molecular weight is 316 g/mol. The molecule has 21 heavy (non-hydrogen) atoms. The van der Waals surface area contributed by atoms with Gasteiger partial charge in [-0.3, -0.25) is 0 Å². The number of benzene rings is 1. The normalized spacial score (nSPS) is 11.3. The van der Waals surface area contributed by atoms with Crippen LogP contribution in [0.2, 0.25) is 0 Å². The fourth-order valence-corrected chi connectivity index (χ4v) is 3.43. The van der Waals surface area contributed by atoms with E-state index in [-0.39, 0.29) is 0 Å². The molecule has 0 fully saturated rings. The minimum Gasteiger partial charge on any atom is -0.244 e. The highest BCUT2D eigenvalue weighted by Gasteiger charge is 2.13. The molecule has 0 amide bonds. The first-order valence-corrected chi connectivity index (χ1v) is 8.93. The Kier molecular flexibility index (Phi) is 3.32. The second kappa shape index (κ2) is 5.02. The SMILES string of the molecule is Cc1nc(C#Cc2cn(S(C)(=O)=O)c3ccccc23)cs1. The first-order valence-electron chi connectivity index (χ1n) is 6.20. The molecule has 0 radical (unpaired) electrons. The van der Waals surface area contributed by atoms with Crippen molar-refractivity contribution >= 4 is 32.3 Å². The summed E-state index contributed by atoms with van der Waals surface area (Å²) in [5.74, 6) is 6.00. The Balaban J connectivity index is 2.18. The molecule has 0 N–H and O–H groups in total. The topological polar surface area (TPSA) is 52.0 Å². The zero-order valence-electron chi connectivity index (χ0n) is 11.5. The molecule has 2 heterocycles. The molecule has 0 aliphatic heterocycles. The number of thiazole rings is 1. The lowest BCUT2D eigenvalue weighted by Gasteiger charge is -2.00. The van der Waals surface area contributed by atoms with E-state index >= 15 is 0 Å². The van der Waals surface area contributed by atoms with Crippen molar-refractivity contribution in [2.75, 3.05) is 6.26 Å². The summed E-state index contributed by atoms with van der Waals surface area (Å²) in [5.41, 5.74) is 2.02. The molecule has 0 aliphatic rings. The van der Waals surface area contributed by atoms with Crippen molar-refractivity contribution in [2.24, 2.45) is 0 Å². The Labute approximate surface area is 127 Å². The predicted molar refractivity (Wildman–Crippen MR) is 85.0 cm³/mol. The fourth-order valence-electron chi connectivity index (χ4n) is 2.08. The molecule has 4 nitrogen and oxygen atoms in total. The maximum Gasteiger partial charge on any atom is 0.236 e. The molecular formula is C15H12N2O2S2. The average Bonchev–Trinajstić information content (AvgIpc) is 3.00. The molecule has 0 aliphatic carbocycles. The zero-order chi connectivity index (χ0) is 15.0. The van der Waals surface area contributed by atoms with E-state index in [1.807, 2.05) is 30.5 Å². The monoisotopic (exact) mass is 316 g/mol. The van der Waals surface area contributed by atoms with Crippen molar-refractivity contribution in [3.63, 3.8) is 0 Å². The van der Waals surface area contributed by atoms with Gasteiger partial charge in [-0.2, -0.15) is 0 Å². The van der Waals surface area contributed by atoms with E-state index in [1.54, 1.807) is 12.3 Å². The van der Waals surface area contributed by atoms with E-state index in [1.165, 1.54) is 21.6 Å². The number of aromatic nitrogens is 2. The number of aryl methyl sites for hydroxylation is 1. The Bertz CT molecular complexity index is 986. The third kappa shape index (κ3) is 2.71. The van der Waals surface area contributed by atoms with Gasteiger partial charge in [0.05, 0.1) is 22.3 Å². The van der Waals surface area contributed by atoms with Gasteiger partial charge in [-0.05, 0) is 18.9 Å². The van der Waals surface area contributed by atoms with E-state index in [9.17, 15) is 8.42 Å². The summed E-state index contributed by atoms with van der Waals surface area (Å²) in [6.07, 6.45) is 2.74. The number of fused-ring (bicyclic) bond motifs is 1. The molecule has 0 saturated carbocycles. The number of hydrogen-bond donors (Lipinski definition) is 0. The smallest absolute Gasteiger partial charge is 0.236 e. The third-order valence-electron chi connectivity index (χ3n) is 2.98. The molecular weight excluding hydrogens is 304 g/mol. The van der Waals surface area contributed by atoms with Crippen molar-refractivity contribution in [1.29, 1.82) is 0 Å². The van der Waals surface area contributed by atoms with Crippen molar-refractivity contribution in [3.05, 3.63) is 52.1 Å². The number of para-hydroxylation sites is 1. The molecule has 3 aromatic rings. The second-order valence-electron chi connectivity index (χ2n) is 4.62. The van der Waals surface area contributed by atoms with Crippen LogP contribution >= 0.6 is 11.3 Å². The van der Waals surface area contributed by atoms with Crippen LogP contribution in [0.1, 0.15) is 16.3 Å². The first kappa shape index (κ1) is 13.9. The van der Waals surface area contributed by atoms with Crippen LogP contribution < -0.4 is 0 Å². The molecule has 106 valence electrons. The summed E-state index contributed by atoms with van der Waals surface area (Å²) in [6.45, 7) is 1.92. The summed E-state index contributed by atoms with van der Waals surface area (Å²) >= 11 is 1.54. The van der Waals surface area contributed by atoms with Gasteiger partial charge in [-0.15, -0.1) is 11.3 Å². The summed E-state index contributed by atoms with van der Waals surface area (Å²) in [7, 11) is -3.35. The summed E-state index contributed by atoms with van der Waals surface area (Å²) in [5, 5.41) is 3.66. The minimum absolute atomic E-state index is 0.638. The molecule has 0 bridgehead atoms. The van der Waals surface area contributed by atoms with Gasteiger partial charge in [-0.1, -0.05) is 24.1 Å². The van der Waals surface area contributed by atoms with Crippen molar-refractivity contribution in [3.8, 4) is 11.8 Å². The van der Waals surface area contributed by atoms with Crippen LogP contribution in [-0.4, -0.2) is 23.6 Å². The lowest BCUT2D eigenvalue weighted by molar-refractivity contribution is 0.595. The van der Waals surface area contributed by atoms with Gasteiger partial charge < -0.3 is 0 Å². The zero-order valence-corrected chi connectivity index (χ0v) is 13.1. The molecule has 0 atom stereocenters. The molecule has 3 rings (SSSR count). The summed E-state index contributed by atoms with van der Waals surface area (Å²) in [4.78, 5) is 4.28. The molecule has 6 heteroatoms. The molecule has 0 saturated heterocycles. The van der Waals surface area contributed by atoms with Crippen LogP contribution in [0.25, 0.3) is 10.9 Å².